The molecule has 3 nitrogen and oxygen atoms in total. The van der Waals surface area contributed by atoms with Crippen molar-refractivity contribution in [2.24, 2.45) is 0 Å². The summed E-state index contributed by atoms with van der Waals surface area (Å²) < 4.78 is 1.97. The fraction of sp³-hybridized carbons (Fsp3) is 0.438. The van der Waals surface area contributed by atoms with Crippen molar-refractivity contribution in [2.45, 2.75) is 39.8 Å². The predicted octanol–water partition coefficient (Wildman–Crippen LogP) is 3.02. The van der Waals surface area contributed by atoms with Crippen molar-refractivity contribution < 1.29 is 0 Å². The highest BCUT2D eigenvalue weighted by Gasteiger charge is 2.13. The summed E-state index contributed by atoms with van der Waals surface area (Å²) in [6.07, 6.45) is 5.10. The van der Waals surface area contributed by atoms with Crippen molar-refractivity contribution in [1.29, 1.82) is 0 Å². The van der Waals surface area contributed by atoms with Gasteiger partial charge < -0.3 is 5.32 Å². The topological polar surface area (TPSA) is 29.9 Å². The number of nitrogens with zero attached hydrogens (tertiary/aromatic N) is 2. The van der Waals surface area contributed by atoms with Gasteiger partial charge in [0.2, 0.25) is 0 Å². The number of hydrogen-bond acceptors (Lipinski definition) is 2. The first-order chi connectivity index (χ1) is 9.13. The summed E-state index contributed by atoms with van der Waals surface area (Å²) in [5.41, 5.74) is 5.34. The minimum Gasteiger partial charge on any atom is -0.313 e. The first-order valence-corrected chi connectivity index (χ1v) is 6.89. The molecule has 19 heavy (non-hydrogen) atoms. The fourth-order valence-electron chi connectivity index (χ4n) is 2.36. The van der Waals surface area contributed by atoms with Crippen LogP contribution in [0.3, 0.4) is 0 Å². The minimum atomic E-state index is 0.320. The molecule has 3 heteroatoms. The quantitative estimate of drug-likeness (QED) is 0.892. The van der Waals surface area contributed by atoms with Gasteiger partial charge in [0.15, 0.2) is 0 Å². The number of nitrogens with one attached hydrogen (secondary N) is 1. The van der Waals surface area contributed by atoms with E-state index in [2.05, 4.69) is 55.6 Å². The van der Waals surface area contributed by atoms with Crippen LogP contribution in [0.25, 0.3) is 0 Å². The third-order valence-corrected chi connectivity index (χ3v) is 3.66. The van der Waals surface area contributed by atoms with Crippen molar-refractivity contribution in [3.63, 3.8) is 0 Å². The van der Waals surface area contributed by atoms with Crippen LogP contribution in [0, 0.1) is 13.8 Å². The highest BCUT2D eigenvalue weighted by molar-refractivity contribution is 5.32. The summed E-state index contributed by atoms with van der Waals surface area (Å²) >= 11 is 0. The standard InChI is InChI=1S/C16H23N3/c1-5-19-11-15(10-18-19)16(17-4)9-14-8-12(2)6-7-13(14)3/h6-8,10-11,16-17H,5,9H2,1-4H3. The SMILES string of the molecule is CCn1cc(C(Cc2cc(C)ccc2C)NC)cn1. The van der Waals surface area contributed by atoms with Gasteiger partial charge in [-0.25, -0.2) is 0 Å². The van der Waals surface area contributed by atoms with Crippen LogP contribution in [-0.4, -0.2) is 16.8 Å². The Morgan fingerprint density at radius 1 is 1.32 bits per heavy atom. The molecule has 1 heterocycles. The Balaban J connectivity index is 2.21. The van der Waals surface area contributed by atoms with Gasteiger partial charge in [0.1, 0.15) is 0 Å². The van der Waals surface area contributed by atoms with Gasteiger partial charge in [-0.2, -0.15) is 5.10 Å². The lowest BCUT2D eigenvalue weighted by Crippen LogP contribution is -2.19. The lowest BCUT2D eigenvalue weighted by atomic mass is 9.96. The van der Waals surface area contributed by atoms with Crippen LogP contribution in [-0.2, 0) is 13.0 Å². The number of aryl methyl sites for hydroxylation is 3. The van der Waals surface area contributed by atoms with Gasteiger partial charge in [0, 0.05) is 24.3 Å². The zero-order valence-corrected chi connectivity index (χ0v) is 12.3. The Morgan fingerprint density at radius 2 is 2.11 bits per heavy atom. The Hall–Kier alpha value is -1.61. The van der Waals surface area contributed by atoms with E-state index in [9.17, 15) is 0 Å². The van der Waals surface area contributed by atoms with Crippen LogP contribution in [0.2, 0.25) is 0 Å². The van der Waals surface area contributed by atoms with Gasteiger partial charge in [-0.05, 0) is 45.4 Å². The van der Waals surface area contributed by atoms with E-state index in [0.29, 0.717) is 6.04 Å². The summed E-state index contributed by atoms with van der Waals surface area (Å²) in [5.74, 6) is 0. The average Bonchev–Trinajstić information content (AvgIpc) is 2.88. The molecule has 0 aliphatic rings. The van der Waals surface area contributed by atoms with Crippen molar-refractivity contribution >= 4 is 0 Å². The molecule has 0 saturated heterocycles. The molecule has 0 aliphatic carbocycles. The number of aromatic nitrogens is 2. The Morgan fingerprint density at radius 3 is 2.74 bits per heavy atom. The van der Waals surface area contributed by atoms with Gasteiger partial charge >= 0.3 is 0 Å². The number of hydrogen-bond donors (Lipinski definition) is 1. The third-order valence-electron chi connectivity index (χ3n) is 3.66. The zero-order valence-electron chi connectivity index (χ0n) is 12.3. The van der Waals surface area contributed by atoms with Crippen LogP contribution in [0.4, 0.5) is 0 Å². The largest absolute Gasteiger partial charge is 0.313 e. The maximum atomic E-state index is 4.36. The van der Waals surface area contributed by atoms with E-state index in [1.165, 1.54) is 22.3 Å². The Bertz CT molecular complexity index is 543. The molecular weight excluding hydrogens is 234 g/mol. The van der Waals surface area contributed by atoms with Crippen molar-refractivity contribution in [3.8, 4) is 0 Å². The molecule has 0 saturated carbocycles. The smallest absolute Gasteiger partial charge is 0.0537 e. The molecule has 0 amide bonds. The molecule has 1 aromatic carbocycles. The molecule has 102 valence electrons. The molecular formula is C16H23N3. The molecule has 1 atom stereocenters. The van der Waals surface area contributed by atoms with Crippen LogP contribution >= 0.6 is 0 Å². The maximum absolute atomic E-state index is 4.36. The van der Waals surface area contributed by atoms with Crippen LogP contribution in [0.15, 0.2) is 30.6 Å². The monoisotopic (exact) mass is 257 g/mol. The first-order valence-electron chi connectivity index (χ1n) is 6.89. The van der Waals surface area contributed by atoms with E-state index in [0.717, 1.165) is 13.0 Å². The lowest BCUT2D eigenvalue weighted by molar-refractivity contribution is 0.587. The second kappa shape index (κ2) is 6.02. The number of likely N-dealkylation sites (N-methyl/N-ethyl adjacent to an activating group) is 1. The molecule has 1 N–H and O–H groups in total. The molecule has 0 spiro atoms. The summed E-state index contributed by atoms with van der Waals surface area (Å²) in [4.78, 5) is 0. The molecule has 2 aromatic rings. The Kier molecular flexibility index (Phi) is 4.38. The highest BCUT2D eigenvalue weighted by Crippen LogP contribution is 2.20. The van der Waals surface area contributed by atoms with E-state index in [1.54, 1.807) is 0 Å². The normalized spacial score (nSPS) is 12.6. The van der Waals surface area contributed by atoms with E-state index < -0.39 is 0 Å². The molecule has 1 aromatic heterocycles. The summed E-state index contributed by atoms with van der Waals surface area (Å²) in [5, 5.41) is 7.76. The second-order valence-corrected chi connectivity index (χ2v) is 5.10. The number of rotatable bonds is 5. The van der Waals surface area contributed by atoms with Crippen LogP contribution < -0.4 is 5.32 Å². The molecule has 0 fully saturated rings. The van der Waals surface area contributed by atoms with E-state index in [-0.39, 0.29) is 0 Å². The number of benzene rings is 1. The second-order valence-electron chi connectivity index (χ2n) is 5.10. The molecule has 0 radical (unpaired) electrons. The van der Waals surface area contributed by atoms with E-state index in [1.807, 2.05) is 17.9 Å². The first kappa shape index (κ1) is 13.8. The molecule has 2 rings (SSSR count). The van der Waals surface area contributed by atoms with Gasteiger partial charge in [-0.1, -0.05) is 23.8 Å². The molecule has 0 bridgehead atoms. The summed E-state index contributed by atoms with van der Waals surface area (Å²) in [6, 6.07) is 6.97. The summed E-state index contributed by atoms with van der Waals surface area (Å²) in [7, 11) is 2.01. The zero-order chi connectivity index (χ0) is 13.8. The fourth-order valence-corrected chi connectivity index (χ4v) is 2.36. The minimum absolute atomic E-state index is 0.320. The van der Waals surface area contributed by atoms with E-state index >= 15 is 0 Å². The maximum Gasteiger partial charge on any atom is 0.0537 e. The van der Waals surface area contributed by atoms with Crippen LogP contribution in [0.1, 0.15) is 35.2 Å². The lowest BCUT2D eigenvalue weighted by Gasteiger charge is -2.16. The Labute approximate surface area is 115 Å². The van der Waals surface area contributed by atoms with Gasteiger partial charge in [-0.15, -0.1) is 0 Å². The van der Waals surface area contributed by atoms with Gasteiger partial charge in [0.25, 0.3) is 0 Å². The summed E-state index contributed by atoms with van der Waals surface area (Å²) in [6.45, 7) is 7.35. The van der Waals surface area contributed by atoms with E-state index in [4.69, 9.17) is 0 Å². The average molecular weight is 257 g/mol. The third kappa shape index (κ3) is 3.24. The van der Waals surface area contributed by atoms with Gasteiger partial charge in [0.05, 0.1) is 6.20 Å². The highest BCUT2D eigenvalue weighted by atomic mass is 15.3. The van der Waals surface area contributed by atoms with Crippen molar-refractivity contribution in [2.75, 3.05) is 7.05 Å². The van der Waals surface area contributed by atoms with Crippen molar-refractivity contribution in [1.82, 2.24) is 15.1 Å². The van der Waals surface area contributed by atoms with Gasteiger partial charge in [-0.3, -0.25) is 4.68 Å². The van der Waals surface area contributed by atoms with Crippen LogP contribution in [0.5, 0.6) is 0 Å². The molecule has 0 aliphatic heterocycles. The van der Waals surface area contributed by atoms with Crippen molar-refractivity contribution in [3.05, 3.63) is 52.8 Å². The molecule has 1 unspecified atom stereocenters. The predicted molar refractivity (Wildman–Crippen MR) is 79.3 cm³/mol.